The Balaban J connectivity index is 1.58. The van der Waals surface area contributed by atoms with Crippen LogP contribution < -0.4 is 10.7 Å². The minimum Gasteiger partial charge on any atom is -0.368 e. The fourth-order valence-corrected chi connectivity index (χ4v) is 3.40. The van der Waals surface area contributed by atoms with Gasteiger partial charge >= 0.3 is 0 Å². The lowest BCUT2D eigenvalue weighted by atomic mass is 10.1. The van der Waals surface area contributed by atoms with Crippen molar-refractivity contribution in [2.24, 2.45) is 10.8 Å². The minimum absolute atomic E-state index is 0.310. The fraction of sp³-hybridized carbons (Fsp3) is 0.158. The van der Waals surface area contributed by atoms with E-state index in [1.165, 1.54) is 0 Å². The van der Waals surface area contributed by atoms with Crippen molar-refractivity contribution in [1.82, 2.24) is 10.1 Å². The lowest BCUT2D eigenvalue weighted by Gasteiger charge is -2.20. The van der Waals surface area contributed by atoms with E-state index in [-0.39, 0.29) is 0 Å². The smallest absolute Gasteiger partial charge is 0.274 e. The fourth-order valence-electron chi connectivity index (χ4n) is 2.95. The molecule has 1 atom stereocenters. The largest absolute Gasteiger partial charge is 0.368 e. The van der Waals surface area contributed by atoms with Crippen molar-refractivity contribution in [3.8, 4) is 0 Å². The first kappa shape index (κ1) is 17.4. The number of nitrogens with zero attached hydrogens (tertiary/aromatic N) is 4. The average molecular weight is 426 g/mol. The summed E-state index contributed by atoms with van der Waals surface area (Å²) < 4.78 is 6.37. The van der Waals surface area contributed by atoms with Crippen LogP contribution in [0.15, 0.2) is 68.7 Å². The Morgan fingerprint density at radius 3 is 2.78 bits per heavy atom. The van der Waals surface area contributed by atoms with Crippen LogP contribution in [0.4, 0.5) is 5.69 Å². The van der Waals surface area contributed by atoms with Crippen molar-refractivity contribution in [3.63, 3.8) is 0 Å². The summed E-state index contributed by atoms with van der Waals surface area (Å²) in [5.74, 6) is 0.413. The zero-order chi connectivity index (χ0) is 18.8. The second-order valence-electron chi connectivity index (χ2n) is 6.17. The second kappa shape index (κ2) is 7.32. The predicted octanol–water partition coefficient (Wildman–Crippen LogP) is 2.89. The summed E-state index contributed by atoms with van der Waals surface area (Å²) in [7, 11) is 0. The predicted molar refractivity (Wildman–Crippen MR) is 104 cm³/mol. The molecule has 0 spiro atoms. The van der Waals surface area contributed by atoms with Crippen molar-refractivity contribution in [1.29, 1.82) is 0 Å². The zero-order valence-corrected chi connectivity index (χ0v) is 15.8. The van der Waals surface area contributed by atoms with E-state index in [1.54, 1.807) is 5.01 Å². The number of carbonyl (C=O) groups is 1. The van der Waals surface area contributed by atoms with Gasteiger partial charge in [-0.3, -0.25) is 9.80 Å². The number of hydrogen-bond donors (Lipinski definition) is 1. The van der Waals surface area contributed by atoms with Crippen LogP contribution in [0.3, 0.4) is 0 Å². The number of anilines is 1. The van der Waals surface area contributed by atoms with E-state index in [9.17, 15) is 4.79 Å². The van der Waals surface area contributed by atoms with Crippen LogP contribution >= 0.6 is 15.9 Å². The van der Waals surface area contributed by atoms with E-state index < -0.39 is 11.9 Å². The summed E-state index contributed by atoms with van der Waals surface area (Å²) in [6.45, 7) is 0. The number of hydrazone groups is 1. The maximum Gasteiger partial charge on any atom is 0.274 e. The number of hydrogen-bond acceptors (Lipinski definition) is 6. The van der Waals surface area contributed by atoms with Crippen molar-refractivity contribution in [2.45, 2.75) is 18.9 Å². The molecule has 0 fully saturated rings. The molecule has 4 rings (SSSR count). The number of primary amides is 1. The lowest BCUT2D eigenvalue weighted by Crippen LogP contribution is -2.39. The topological polar surface area (TPSA) is 97.6 Å². The molecule has 1 aliphatic rings. The molecule has 1 unspecified atom stereocenters. The van der Waals surface area contributed by atoms with Gasteiger partial charge in [0.2, 0.25) is 5.91 Å². The monoisotopic (exact) mass is 425 g/mol. The first-order valence-electron chi connectivity index (χ1n) is 8.38. The van der Waals surface area contributed by atoms with Gasteiger partial charge in [0, 0.05) is 17.3 Å². The molecule has 7 nitrogen and oxygen atoms in total. The zero-order valence-electron chi connectivity index (χ0n) is 14.2. The van der Waals surface area contributed by atoms with E-state index in [0.29, 0.717) is 30.3 Å². The highest BCUT2D eigenvalue weighted by Gasteiger charge is 2.34. The maximum absolute atomic E-state index is 11.9. The molecule has 0 aliphatic carbocycles. The van der Waals surface area contributed by atoms with Crippen LogP contribution in [0.1, 0.15) is 23.7 Å². The third-order valence-electron chi connectivity index (χ3n) is 4.23. The van der Waals surface area contributed by atoms with Crippen molar-refractivity contribution in [3.05, 3.63) is 76.3 Å². The molecule has 0 radical (unpaired) electrons. The third-order valence-corrected chi connectivity index (χ3v) is 4.72. The first-order valence-corrected chi connectivity index (χ1v) is 9.18. The molecule has 2 N–H and O–H groups in total. The van der Waals surface area contributed by atoms with Crippen LogP contribution in [-0.4, -0.2) is 27.8 Å². The number of amides is 1. The summed E-state index contributed by atoms with van der Waals surface area (Å²) in [6, 6.07) is 16.7. The van der Waals surface area contributed by atoms with Crippen LogP contribution in [0.25, 0.3) is 0 Å². The van der Waals surface area contributed by atoms with Gasteiger partial charge in [0.1, 0.15) is 11.8 Å². The molecule has 2 heterocycles. The molecule has 1 aromatic heterocycles. The molecular weight excluding hydrogens is 410 g/mol. The van der Waals surface area contributed by atoms with Crippen LogP contribution in [0, 0.1) is 0 Å². The molecule has 0 saturated heterocycles. The lowest BCUT2D eigenvalue weighted by molar-refractivity contribution is -0.119. The first-order chi connectivity index (χ1) is 13.1. The molecule has 3 aromatic rings. The highest BCUT2D eigenvalue weighted by Crippen LogP contribution is 2.26. The quantitative estimate of drug-likeness (QED) is 0.677. The van der Waals surface area contributed by atoms with Gasteiger partial charge in [0.15, 0.2) is 5.82 Å². The molecule has 136 valence electrons. The number of aromatic nitrogens is 2. The Kier molecular flexibility index (Phi) is 4.72. The number of rotatable bonds is 5. The Morgan fingerprint density at radius 1 is 1.22 bits per heavy atom. The summed E-state index contributed by atoms with van der Waals surface area (Å²) in [5.41, 5.74) is 7.96. The maximum atomic E-state index is 11.9. The van der Waals surface area contributed by atoms with Crippen LogP contribution in [0.5, 0.6) is 0 Å². The van der Waals surface area contributed by atoms with Gasteiger partial charge < -0.3 is 10.3 Å². The van der Waals surface area contributed by atoms with Crippen molar-refractivity contribution < 1.29 is 9.32 Å². The van der Waals surface area contributed by atoms with E-state index in [2.05, 4.69) is 31.2 Å². The molecule has 0 bridgehead atoms. The number of carbonyl (C=O) groups excluding carboxylic acids is 1. The van der Waals surface area contributed by atoms with Crippen LogP contribution in [-0.2, 0) is 11.2 Å². The van der Waals surface area contributed by atoms with Gasteiger partial charge in [-0.1, -0.05) is 51.4 Å². The van der Waals surface area contributed by atoms with Gasteiger partial charge in [-0.05, 0) is 29.8 Å². The summed E-state index contributed by atoms with van der Waals surface area (Å²) in [6.07, 6.45) is 0.862. The number of nitrogens with two attached hydrogens (primary N) is 1. The van der Waals surface area contributed by atoms with Crippen molar-refractivity contribution in [2.75, 3.05) is 5.01 Å². The molecule has 1 aliphatic heterocycles. The Bertz CT molecular complexity index is 1000. The standard InChI is InChI=1S/C19H16BrN5O2/c20-13-6-4-5-12(9-13)10-17-22-19(27-24-17)15-11-16(18(21)26)25(23-15)14-7-2-1-3-8-14/h1-9,16H,10-11H2,(H2,21,26). The third kappa shape index (κ3) is 3.75. The number of benzene rings is 2. The van der Waals surface area contributed by atoms with Gasteiger partial charge in [-0.2, -0.15) is 10.1 Å². The Morgan fingerprint density at radius 2 is 2.04 bits per heavy atom. The summed E-state index contributed by atoms with van der Waals surface area (Å²) in [5, 5.41) is 10.2. The Hall–Kier alpha value is -3.00. The van der Waals surface area contributed by atoms with E-state index >= 15 is 0 Å². The molecule has 8 heteroatoms. The molecule has 1 amide bonds. The highest BCUT2D eigenvalue weighted by atomic mass is 79.9. The Labute approximate surface area is 164 Å². The molecular formula is C19H16BrN5O2. The number of para-hydroxylation sites is 1. The van der Waals surface area contributed by atoms with Gasteiger partial charge in [-0.15, -0.1) is 0 Å². The summed E-state index contributed by atoms with van der Waals surface area (Å²) in [4.78, 5) is 16.3. The van der Waals surface area contributed by atoms with Gasteiger partial charge in [0.05, 0.1) is 5.69 Å². The second-order valence-corrected chi connectivity index (χ2v) is 7.09. The molecule has 2 aromatic carbocycles. The van der Waals surface area contributed by atoms with Crippen LogP contribution in [0.2, 0.25) is 0 Å². The normalized spacial score (nSPS) is 16.4. The van der Waals surface area contributed by atoms with E-state index in [4.69, 9.17) is 10.3 Å². The minimum atomic E-state index is -0.581. The SMILES string of the molecule is NC(=O)C1CC(c2nc(Cc3cccc(Br)c3)no2)=NN1c1ccccc1. The molecule has 27 heavy (non-hydrogen) atoms. The van der Waals surface area contributed by atoms with E-state index in [0.717, 1.165) is 15.7 Å². The van der Waals surface area contributed by atoms with Gasteiger partial charge in [-0.25, -0.2) is 0 Å². The highest BCUT2D eigenvalue weighted by molar-refractivity contribution is 9.10. The van der Waals surface area contributed by atoms with Gasteiger partial charge in [0.25, 0.3) is 5.89 Å². The van der Waals surface area contributed by atoms with Crippen molar-refractivity contribution >= 4 is 33.2 Å². The molecule has 0 saturated carbocycles. The number of halogens is 1. The van der Waals surface area contributed by atoms with E-state index in [1.807, 2.05) is 54.6 Å². The summed E-state index contributed by atoms with van der Waals surface area (Å²) >= 11 is 3.45. The average Bonchev–Trinajstić information content (AvgIpc) is 3.29.